The van der Waals surface area contributed by atoms with Gasteiger partial charge in [-0.15, -0.1) is 0 Å². The Bertz CT molecular complexity index is 3400. The number of hydrogen-bond donors (Lipinski definition) is 3. The lowest BCUT2D eigenvalue weighted by Crippen LogP contribution is -2.61. The lowest BCUT2D eigenvalue weighted by atomic mass is 9.90. The lowest BCUT2D eigenvalue weighted by molar-refractivity contribution is -0.121. The number of fused-ring (bicyclic) bond motifs is 2. The standard InChI is InChI=1S/C58H77FN14O7S/c1-37-30-72(33-51(74)73-35-58(7,8)52-48(73)24-41(55(75)68(52)9)23-40-11-13-42(59)14-12-40)43(27-60-37)31-70-20-22-78-45(32-70)34-80-44-28-61-56(62-29-44)71-18-16-69(17-19-71)15-10-21-79-49-26-47-46(25-50(49)81(76,77)57(4,5)6)54(64-36-63-47)65-53-38(2)39(3)66-67-53/h11-14,24-26,28-29,36-37,43,45,60H,10,15-23,27,30-35H2,1-9H3,(H2,63,64,65,66,67)/t37-,43-,45?/m1/s1. The second-order valence-corrected chi connectivity index (χ2v) is 26.4. The summed E-state index contributed by atoms with van der Waals surface area (Å²) in [6, 6.07) is 11.7. The highest BCUT2D eigenvalue weighted by Crippen LogP contribution is 2.41. The van der Waals surface area contributed by atoms with Crippen molar-refractivity contribution >= 4 is 49.9 Å². The molecule has 3 fully saturated rings. The van der Waals surface area contributed by atoms with Crippen molar-refractivity contribution in [1.29, 1.82) is 0 Å². The highest BCUT2D eigenvalue weighted by molar-refractivity contribution is 7.92. The van der Waals surface area contributed by atoms with E-state index in [1.54, 1.807) is 69.0 Å². The zero-order valence-electron chi connectivity index (χ0n) is 48.1. The molecule has 1 unspecified atom stereocenters. The summed E-state index contributed by atoms with van der Waals surface area (Å²) in [7, 11) is -2.04. The number of piperazine rings is 2. The molecule has 0 radical (unpaired) electrons. The zero-order valence-corrected chi connectivity index (χ0v) is 48.9. The molecule has 434 valence electrons. The number of H-pyrrole nitrogens is 1. The minimum absolute atomic E-state index is 0.00181. The van der Waals surface area contributed by atoms with Crippen LogP contribution in [0, 0.1) is 19.7 Å². The first kappa shape index (κ1) is 57.6. The molecular formula is C58H77FN14O7S. The number of morpholine rings is 1. The number of hydrogen-bond acceptors (Lipinski definition) is 18. The Balaban J connectivity index is 0.686. The Morgan fingerprint density at radius 3 is 2.42 bits per heavy atom. The zero-order chi connectivity index (χ0) is 57.4. The molecule has 2 aromatic carbocycles. The first-order valence-electron chi connectivity index (χ1n) is 28.1. The molecule has 6 aromatic rings. The molecule has 0 saturated carbocycles. The van der Waals surface area contributed by atoms with Crippen LogP contribution in [-0.4, -0.2) is 185 Å². The number of nitrogens with one attached hydrogen (secondary N) is 3. The number of rotatable bonds is 18. The fraction of sp³-hybridized carbons (Fsp3) is 0.534. The highest BCUT2D eigenvalue weighted by Gasteiger charge is 2.42. The SMILES string of the molecule is Cc1[nH]nc(Nc2ncnc3cc(OCCCN4CCN(c5ncc(OCC6CN(C[C@H]7CN[C@H](C)CN7CC(=O)N7CC(C)(C)c8c7cc(Cc7ccc(F)cc7)c(=O)n8C)CCO6)cn5)CC4)c(S(=O)(=O)C(C)(C)C)cc23)c1C. The highest BCUT2D eigenvalue weighted by atomic mass is 32.2. The molecule has 4 aromatic heterocycles. The summed E-state index contributed by atoms with van der Waals surface area (Å²) in [5.41, 5.74) is 4.86. The minimum Gasteiger partial charge on any atom is -0.492 e. The topological polar surface area (TPSA) is 221 Å². The number of amides is 1. The van der Waals surface area contributed by atoms with Gasteiger partial charge in [0.1, 0.15) is 41.3 Å². The fourth-order valence-electron chi connectivity index (χ4n) is 11.4. The summed E-state index contributed by atoms with van der Waals surface area (Å²) in [6.45, 7) is 24.7. The van der Waals surface area contributed by atoms with Gasteiger partial charge in [0.15, 0.2) is 21.4 Å². The predicted molar refractivity (Wildman–Crippen MR) is 309 cm³/mol. The quantitative estimate of drug-likeness (QED) is 0.0946. The van der Waals surface area contributed by atoms with Crippen LogP contribution in [0.2, 0.25) is 0 Å². The van der Waals surface area contributed by atoms with Gasteiger partial charge in [-0.1, -0.05) is 26.0 Å². The van der Waals surface area contributed by atoms with Crippen LogP contribution in [0.1, 0.15) is 76.0 Å². The average molecular weight is 1130 g/mol. The van der Waals surface area contributed by atoms with Crippen LogP contribution in [-0.2, 0) is 38.3 Å². The molecule has 8 heterocycles. The third-order valence-corrected chi connectivity index (χ3v) is 18.7. The van der Waals surface area contributed by atoms with Crippen molar-refractivity contribution in [3.8, 4) is 11.5 Å². The fourth-order valence-corrected chi connectivity index (χ4v) is 12.8. The molecular weight excluding hydrogens is 1060 g/mol. The van der Waals surface area contributed by atoms with Crippen LogP contribution < -0.4 is 35.5 Å². The van der Waals surface area contributed by atoms with Gasteiger partial charge in [0.25, 0.3) is 5.56 Å². The van der Waals surface area contributed by atoms with Crippen LogP contribution >= 0.6 is 0 Å². The van der Waals surface area contributed by atoms with Crippen molar-refractivity contribution in [2.24, 2.45) is 7.05 Å². The Labute approximate surface area is 473 Å². The van der Waals surface area contributed by atoms with E-state index in [4.69, 9.17) is 14.2 Å². The van der Waals surface area contributed by atoms with Gasteiger partial charge < -0.3 is 39.2 Å². The van der Waals surface area contributed by atoms with E-state index in [1.165, 1.54) is 18.5 Å². The van der Waals surface area contributed by atoms with Gasteiger partial charge in [-0.25, -0.2) is 32.7 Å². The van der Waals surface area contributed by atoms with E-state index in [9.17, 15) is 22.4 Å². The maximum atomic E-state index is 14.5. The molecule has 4 aliphatic rings. The van der Waals surface area contributed by atoms with E-state index in [2.05, 4.69) is 81.1 Å². The van der Waals surface area contributed by atoms with Gasteiger partial charge in [-0.2, -0.15) is 5.10 Å². The average Bonchev–Trinajstić information content (AvgIpc) is 3.96. The van der Waals surface area contributed by atoms with Crippen LogP contribution in [0.25, 0.3) is 10.9 Å². The first-order chi connectivity index (χ1) is 38.6. The monoisotopic (exact) mass is 1130 g/mol. The number of ether oxygens (including phenoxy) is 3. The van der Waals surface area contributed by atoms with E-state index in [1.807, 2.05) is 24.8 Å². The van der Waals surface area contributed by atoms with Crippen molar-refractivity contribution < 1.29 is 31.8 Å². The Morgan fingerprint density at radius 2 is 1.70 bits per heavy atom. The number of aromatic nitrogens is 7. The molecule has 21 nitrogen and oxygen atoms in total. The van der Waals surface area contributed by atoms with E-state index < -0.39 is 20.0 Å². The number of carbonyl (C=O) groups is 1. The van der Waals surface area contributed by atoms with Gasteiger partial charge in [-0.3, -0.25) is 29.4 Å². The summed E-state index contributed by atoms with van der Waals surface area (Å²) < 4.78 is 61.0. The molecule has 10 rings (SSSR count). The van der Waals surface area contributed by atoms with Crippen LogP contribution in [0.4, 0.5) is 27.7 Å². The Hall–Kier alpha value is -6.63. The molecule has 3 saturated heterocycles. The van der Waals surface area contributed by atoms with E-state index in [0.29, 0.717) is 85.6 Å². The van der Waals surface area contributed by atoms with Crippen LogP contribution in [0.5, 0.6) is 11.5 Å². The van der Waals surface area contributed by atoms with Gasteiger partial charge in [-0.05, 0) is 77.8 Å². The molecule has 3 atom stereocenters. The van der Waals surface area contributed by atoms with E-state index in [0.717, 1.165) is 87.1 Å². The van der Waals surface area contributed by atoms with E-state index in [-0.39, 0.29) is 52.7 Å². The number of anilines is 4. The molecule has 81 heavy (non-hydrogen) atoms. The van der Waals surface area contributed by atoms with Crippen molar-refractivity contribution in [1.82, 2.24) is 54.7 Å². The largest absolute Gasteiger partial charge is 0.492 e. The molecule has 4 aliphatic heterocycles. The van der Waals surface area contributed by atoms with Gasteiger partial charge in [0.2, 0.25) is 11.9 Å². The maximum Gasteiger partial charge on any atom is 0.254 e. The summed E-state index contributed by atoms with van der Waals surface area (Å²) >= 11 is 0. The molecule has 1 amide bonds. The smallest absolute Gasteiger partial charge is 0.254 e. The van der Waals surface area contributed by atoms with Crippen LogP contribution in [0.3, 0.4) is 0 Å². The number of sulfone groups is 1. The second kappa shape index (κ2) is 23.7. The predicted octanol–water partition coefficient (Wildman–Crippen LogP) is 5.16. The summed E-state index contributed by atoms with van der Waals surface area (Å²) in [4.78, 5) is 57.5. The number of aryl methyl sites for hydroxylation is 1. The Morgan fingerprint density at radius 1 is 0.951 bits per heavy atom. The Kier molecular flexibility index (Phi) is 16.8. The van der Waals surface area contributed by atoms with Gasteiger partial charge >= 0.3 is 0 Å². The number of halogens is 1. The van der Waals surface area contributed by atoms with Gasteiger partial charge in [0, 0.05) is 131 Å². The maximum absolute atomic E-state index is 14.5. The summed E-state index contributed by atoms with van der Waals surface area (Å²) in [5, 5.41) is 14.7. The van der Waals surface area contributed by atoms with Crippen LogP contribution in [0.15, 0.2) is 70.9 Å². The van der Waals surface area contributed by atoms with Crippen molar-refractivity contribution in [2.75, 3.05) is 113 Å². The number of aromatic amines is 1. The minimum atomic E-state index is -3.82. The molecule has 3 N–H and O–H groups in total. The molecule has 0 bridgehead atoms. The molecule has 0 spiro atoms. The molecule has 23 heteroatoms. The number of carbonyl (C=O) groups excluding carboxylic acids is 1. The number of nitrogens with zero attached hydrogens (tertiary/aromatic N) is 11. The second-order valence-electron chi connectivity index (χ2n) is 23.7. The normalized spacial score (nSPS) is 20.2. The van der Waals surface area contributed by atoms with Crippen molar-refractivity contribution in [3.63, 3.8) is 0 Å². The number of pyridine rings is 1. The molecule has 0 aliphatic carbocycles. The third-order valence-electron chi connectivity index (χ3n) is 16.2. The number of benzene rings is 2. The van der Waals surface area contributed by atoms with Crippen molar-refractivity contribution in [3.05, 3.63) is 105 Å². The van der Waals surface area contributed by atoms with Gasteiger partial charge in [0.05, 0.1) is 53.8 Å². The van der Waals surface area contributed by atoms with E-state index >= 15 is 0 Å². The summed E-state index contributed by atoms with van der Waals surface area (Å²) in [6.07, 6.45) is 5.73. The lowest BCUT2D eigenvalue weighted by Gasteiger charge is -2.43. The summed E-state index contributed by atoms with van der Waals surface area (Å²) in [5.74, 6) is 2.19. The first-order valence-corrected chi connectivity index (χ1v) is 29.6. The third kappa shape index (κ3) is 12.7. The van der Waals surface area contributed by atoms with Crippen molar-refractivity contribution in [2.45, 2.75) is 101 Å².